The zero-order valence-electron chi connectivity index (χ0n) is 11.3. The van der Waals surface area contributed by atoms with E-state index in [0.717, 1.165) is 5.92 Å². The molecule has 0 saturated heterocycles. The average Bonchev–Trinajstić information content (AvgIpc) is 2.23. The maximum Gasteiger partial charge on any atom is 0.0659 e. The molecule has 2 saturated carbocycles. The van der Waals surface area contributed by atoms with E-state index in [9.17, 15) is 0 Å². The summed E-state index contributed by atoms with van der Waals surface area (Å²) < 4.78 is 6.30. The quantitative estimate of drug-likeness (QED) is 0.797. The predicted molar refractivity (Wildman–Crippen MR) is 67.5 cm³/mol. The molecule has 0 radical (unpaired) electrons. The van der Waals surface area contributed by atoms with Gasteiger partial charge in [-0.1, -0.05) is 33.6 Å². The second kappa shape index (κ2) is 4.66. The van der Waals surface area contributed by atoms with Crippen molar-refractivity contribution >= 4 is 0 Å². The van der Waals surface area contributed by atoms with E-state index >= 15 is 0 Å². The Balaban J connectivity index is 1.82. The van der Waals surface area contributed by atoms with Crippen LogP contribution < -0.4 is 5.32 Å². The third-order valence-corrected chi connectivity index (χ3v) is 4.77. The molecule has 2 fully saturated rings. The molecule has 0 amide bonds. The molecular formula is C14H27NO. The minimum Gasteiger partial charge on any atom is -0.374 e. The van der Waals surface area contributed by atoms with Gasteiger partial charge in [-0.2, -0.15) is 0 Å². The third kappa shape index (κ3) is 2.28. The lowest BCUT2D eigenvalue weighted by Crippen LogP contribution is -2.60. The fourth-order valence-corrected chi connectivity index (χ4v) is 3.34. The van der Waals surface area contributed by atoms with Crippen LogP contribution in [0.25, 0.3) is 0 Å². The summed E-state index contributed by atoms with van der Waals surface area (Å²) in [6.07, 6.45) is 7.50. The second-order valence-corrected chi connectivity index (χ2v) is 6.42. The molecule has 0 aromatic carbocycles. The van der Waals surface area contributed by atoms with Crippen molar-refractivity contribution in [2.24, 2.45) is 11.3 Å². The fourth-order valence-electron chi connectivity index (χ4n) is 3.34. The molecule has 0 spiro atoms. The SMILES string of the molecule is CNC1CC(OC2CCCC(C)C2)C1(C)C. The smallest absolute Gasteiger partial charge is 0.0659 e. The van der Waals surface area contributed by atoms with Gasteiger partial charge < -0.3 is 10.1 Å². The molecule has 0 aliphatic heterocycles. The van der Waals surface area contributed by atoms with Gasteiger partial charge in [0.2, 0.25) is 0 Å². The largest absolute Gasteiger partial charge is 0.374 e. The number of hydrogen-bond acceptors (Lipinski definition) is 2. The van der Waals surface area contributed by atoms with Gasteiger partial charge in [0.05, 0.1) is 12.2 Å². The zero-order chi connectivity index (χ0) is 11.8. The molecule has 1 N–H and O–H groups in total. The molecule has 0 heterocycles. The van der Waals surface area contributed by atoms with Gasteiger partial charge in [-0.25, -0.2) is 0 Å². The Bertz CT molecular complexity index is 239. The molecule has 0 aromatic rings. The first-order valence-corrected chi connectivity index (χ1v) is 6.86. The van der Waals surface area contributed by atoms with Gasteiger partial charge in [-0.15, -0.1) is 0 Å². The zero-order valence-corrected chi connectivity index (χ0v) is 11.3. The Labute approximate surface area is 100 Å². The van der Waals surface area contributed by atoms with E-state index in [1.165, 1.54) is 32.1 Å². The van der Waals surface area contributed by atoms with Crippen LogP contribution >= 0.6 is 0 Å². The molecule has 4 atom stereocenters. The minimum absolute atomic E-state index is 0.315. The van der Waals surface area contributed by atoms with E-state index in [1.807, 2.05) is 0 Å². The van der Waals surface area contributed by atoms with Gasteiger partial charge in [0.15, 0.2) is 0 Å². The lowest BCUT2D eigenvalue weighted by molar-refractivity contribution is -0.155. The van der Waals surface area contributed by atoms with Crippen molar-refractivity contribution in [1.82, 2.24) is 5.32 Å². The van der Waals surface area contributed by atoms with Crippen molar-refractivity contribution in [3.63, 3.8) is 0 Å². The summed E-state index contributed by atoms with van der Waals surface area (Å²) in [5.74, 6) is 0.863. The number of ether oxygens (including phenoxy) is 1. The van der Waals surface area contributed by atoms with Crippen LogP contribution in [0.15, 0.2) is 0 Å². The van der Waals surface area contributed by atoms with Crippen molar-refractivity contribution < 1.29 is 4.74 Å². The van der Waals surface area contributed by atoms with Crippen LogP contribution in [0.5, 0.6) is 0 Å². The number of nitrogens with one attached hydrogen (secondary N) is 1. The van der Waals surface area contributed by atoms with Crippen LogP contribution in [0.1, 0.15) is 52.9 Å². The summed E-state index contributed by atoms with van der Waals surface area (Å²) >= 11 is 0. The first-order valence-electron chi connectivity index (χ1n) is 6.86. The summed E-state index contributed by atoms with van der Waals surface area (Å²) in [5.41, 5.74) is 0.315. The van der Waals surface area contributed by atoms with Crippen molar-refractivity contribution in [3.05, 3.63) is 0 Å². The van der Waals surface area contributed by atoms with Crippen molar-refractivity contribution in [3.8, 4) is 0 Å². The molecule has 2 aliphatic carbocycles. The summed E-state index contributed by atoms with van der Waals surface area (Å²) in [7, 11) is 2.06. The van der Waals surface area contributed by atoms with Crippen molar-refractivity contribution in [2.45, 2.75) is 71.1 Å². The topological polar surface area (TPSA) is 21.3 Å². The highest BCUT2D eigenvalue weighted by molar-refractivity contribution is 5.02. The van der Waals surface area contributed by atoms with Gasteiger partial charge >= 0.3 is 0 Å². The van der Waals surface area contributed by atoms with E-state index in [-0.39, 0.29) is 0 Å². The molecule has 4 unspecified atom stereocenters. The highest BCUT2D eigenvalue weighted by Crippen LogP contribution is 2.44. The number of hydrogen-bond donors (Lipinski definition) is 1. The minimum atomic E-state index is 0.315. The highest BCUT2D eigenvalue weighted by Gasteiger charge is 2.49. The second-order valence-electron chi connectivity index (χ2n) is 6.42. The lowest BCUT2D eigenvalue weighted by atomic mass is 9.64. The van der Waals surface area contributed by atoms with Crippen LogP contribution in [-0.4, -0.2) is 25.3 Å². The van der Waals surface area contributed by atoms with Gasteiger partial charge in [-0.3, -0.25) is 0 Å². The van der Waals surface area contributed by atoms with E-state index in [2.05, 4.69) is 33.1 Å². The third-order valence-electron chi connectivity index (χ3n) is 4.77. The first kappa shape index (κ1) is 12.4. The predicted octanol–water partition coefficient (Wildman–Crippen LogP) is 2.97. The fraction of sp³-hybridized carbons (Fsp3) is 1.00. The van der Waals surface area contributed by atoms with Crippen LogP contribution in [0.2, 0.25) is 0 Å². The molecule has 2 rings (SSSR count). The van der Waals surface area contributed by atoms with Crippen LogP contribution in [0, 0.1) is 11.3 Å². The maximum absolute atomic E-state index is 6.30. The first-order chi connectivity index (χ1) is 7.54. The van der Waals surface area contributed by atoms with Crippen molar-refractivity contribution in [1.29, 1.82) is 0 Å². The Morgan fingerprint density at radius 3 is 2.50 bits per heavy atom. The molecule has 0 aromatic heterocycles. The van der Waals surface area contributed by atoms with Gasteiger partial charge in [0.25, 0.3) is 0 Å². The van der Waals surface area contributed by atoms with Gasteiger partial charge in [-0.05, 0) is 32.2 Å². The van der Waals surface area contributed by atoms with E-state index in [1.54, 1.807) is 0 Å². The normalized spacial score (nSPS) is 42.8. The average molecular weight is 225 g/mol. The van der Waals surface area contributed by atoms with Crippen LogP contribution in [0.4, 0.5) is 0 Å². The Morgan fingerprint density at radius 1 is 1.19 bits per heavy atom. The van der Waals surface area contributed by atoms with Crippen molar-refractivity contribution in [2.75, 3.05) is 7.05 Å². The molecule has 94 valence electrons. The monoisotopic (exact) mass is 225 g/mol. The number of rotatable bonds is 3. The summed E-state index contributed by atoms with van der Waals surface area (Å²) in [6.45, 7) is 7.01. The molecule has 0 bridgehead atoms. The molecular weight excluding hydrogens is 198 g/mol. The summed E-state index contributed by atoms with van der Waals surface area (Å²) in [6, 6.07) is 0.638. The summed E-state index contributed by atoms with van der Waals surface area (Å²) in [5, 5.41) is 3.39. The Morgan fingerprint density at radius 2 is 1.94 bits per heavy atom. The standard InChI is InChI=1S/C14H27NO/c1-10-6-5-7-11(8-10)16-13-9-12(15-4)14(13,2)3/h10-13,15H,5-9H2,1-4H3. The highest BCUT2D eigenvalue weighted by atomic mass is 16.5. The molecule has 2 nitrogen and oxygen atoms in total. The van der Waals surface area contributed by atoms with Gasteiger partial charge in [0.1, 0.15) is 0 Å². The Hall–Kier alpha value is -0.0800. The lowest BCUT2D eigenvalue weighted by Gasteiger charge is -2.53. The Kier molecular flexibility index (Phi) is 3.60. The maximum atomic E-state index is 6.30. The van der Waals surface area contributed by atoms with Crippen LogP contribution in [-0.2, 0) is 4.74 Å². The van der Waals surface area contributed by atoms with Crippen LogP contribution in [0.3, 0.4) is 0 Å². The van der Waals surface area contributed by atoms with E-state index in [0.29, 0.717) is 23.7 Å². The molecule has 16 heavy (non-hydrogen) atoms. The molecule has 2 aliphatic rings. The molecule has 2 heteroatoms. The van der Waals surface area contributed by atoms with E-state index < -0.39 is 0 Å². The summed E-state index contributed by atoms with van der Waals surface area (Å²) in [4.78, 5) is 0. The van der Waals surface area contributed by atoms with E-state index in [4.69, 9.17) is 4.74 Å². The van der Waals surface area contributed by atoms with Gasteiger partial charge in [0, 0.05) is 11.5 Å².